The molecule has 2 aromatic rings. The molecule has 0 aromatic heterocycles. The topological polar surface area (TPSA) is 76.1 Å². The Labute approximate surface area is 195 Å². The Balaban J connectivity index is 1.62. The number of hydrogen-bond acceptors (Lipinski definition) is 3. The predicted octanol–water partition coefficient (Wildman–Crippen LogP) is 5.85. The van der Waals surface area contributed by atoms with E-state index < -0.39 is 17.7 Å². The number of carbonyl (C=O) groups is 2. The van der Waals surface area contributed by atoms with Crippen LogP contribution in [0.15, 0.2) is 72.3 Å². The van der Waals surface area contributed by atoms with Crippen molar-refractivity contribution >= 4 is 23.4 Å². The molecule has 1 fully saturated rings. The van der Waals surface area contributed by atoms with Crippen molar-refractivity contribution in [2.24, 2.45) is 0 Å². The highest BCUT2D eigenvalue weighted by atomic mass is 16.5. The molecule has 1 atom stereocenters. The van der Waals surface area contributed by atoms with E-state index in [-0.39, 0.29) is 6.03 Å². The van der Waals surface area contributed by atoms with Gasteiger partial charge >= 0.3 is 12.1 Å². The van der Waals surface area contributed by atoms with Gasteiger partial charge in [-0.2, -0.15) is 5.06 Å². The van der Waals surface area contributed by atoms with E-state index in [1.165, 1.54) is 23.3 Å². The molecule has 2 aromatic carbocycles. The molecule has 0 spiro atoms. The SMILES string of the molecule is CC1(C)[C@H](N(O)C(=O)Nc2ccccc2)N(c2ccccc2)C(=O)N1CCC1=CCCCC1. The number of hydrogen-bond donors (Lipinski definition) is 2. The van der Waals surface area contributed by atoms with Crippen LogP contribution in [-0.2, 0) is 0 Å². The molecule has 4 rings (SSSR count). The molecule has 1 aliphatic heterocycles. The lowest BCUT2D eigenvalue weighted by Gasteiger charge is -2.38. The highest BCUT2D eigenvalue weighted by Gasteiger charge is 2.55. The van der Waals surface area contributed by atoms with Gasteiger partial charge in [-0.25, -0.2) is 9.59 Å². The van der Waals surface area contributed by atoms with Gasteiger partial charge in [-0.15, -0.1) is 0 Å². The number of carbonyl (C=O) groups excluding carboxylic acids is 2. The van der Waals surface area contributed by atoms with E-state index in [4.69, 9.17) is 0 Å². The molecule has 4 amide bonds. The van der Waals surface area contributed by atoms with Gasteiger partial charge in [-0.1, -0.05) is 48.0 Å². The number of amides is 4. The third-order valence-corrected chi connectivity index (χ3v) is 6.55. The Bertz CT molecular complexity index is 1010. The molecule has 7 heteroatoms. The Hall–Kier alpha value is -3.32. The number of para-hydroxylation sites is 2. The van der Waals surface area contributed by atoms with Crippen LogP contribution in [0, 0.1) is 0 Å². The molecule has 7 nitrogen and oxygen atoms in total. The number of rotatable bonds is 6. The number of hydroxylamine groups is 2. The van der Waals surface area contributed by atoms with Crippen LogP contribution in [0.5, 0.6) is 0 Å². The van der Waals surface area contributed by atoms with Crippen molar-refractivity contribution in [1.82, 2.24) is 9.96 Å². The fourth-order valence-corrected chi connectivity index (χ4v) is 4.77. The molecule has 0 unspecified atom stereocenters. The van der Waals surface area contributed by atoms with Crippen LogP contribution >= 0.6 is 0 Å². The monoisotopic (exact) mass is 448 g/mol. The minimum atomic E-state index is -0.906. The summed E-state index contributed by atoms with van der Waals surface area (Å²) < 4.78 is 0. The van der Waals surface area contributed by atoms with E-state index >= 15 is 0 Å². The van der Waals surface area contributed by atoms with Crippen LogP contribution in [0.1, 0.15) is 46.0 Å². The fraction of sp³-hybridized carbons (Fsp3) is 0.385. The number of nitrogens with zero attached hydrogens (tertiary/aromatic N) is 3. The minimum absolute atomic E-state index is 0.223. The van der Waals surface area contributed by atoms with E-state index in [9.17, 15) is 14.8 Å². The lowest BCUT2D eigenvalue weighted by molar-refractivity contribution is -0.0947. The second-order valence-corrected chi connectivity index (χ2v) is 9.17. The molecule has 0 radical (unpaired) electrons. The molecule has 1 heterocycles. The van der Waals surface area contributed by atoms with E-state index in [2.05, 4.69) is 11.4 Å². The first-order valence-corrected chi connectivity index (χ1v) is 11.6. The predicted molar refractivity (Wildman–Crippen MR) is 129 cm³/mol. The number of anilines is 2. The first-order chi connectivity index (χ1) is 15.9. The number of benzene rings is 2. The first-order valence-electron chi connectivity index (χ1n) is 11.6. The third-order valence-electron chi connectivity index (χ3n) is 6.55. The number of nitrogens with one attached hydrogen (secondary N) is 1. The summed E-state index contributed by atoms with van der Waals surface area (Å²) in [6.45, 7) is 4.32. The number of allylic oxidation sites excluding steroid dienone is 1. The molecular formula is C26H32N4O3. The average Bonchev–Trinajstić information content (AvgIpc) is 3.03. The smallest absolute Gasteiger partial charge is 0.315 e. The van der Waals surface area contributed by atoms with Gasteiger partial charge in [0.05, 0.1) is 5.54 Å². The van der Waals surface area contributed by atoms with Crippen LogP contribution in [0.2, 0.25) is 0 Å². The Kier molecular flexibility index (Phi) is 6.70. The molecule has 2 N–H and O–H groups in total. The molecule has 0 bridgehead atoms. The highest BCUT2D eigenvalue weighted by Crippen LogP contribution is 2.38. The summed E-state index contributed by atoms with van der Waals surface area (Å²) in [5.41, 5.74) is 1.75. The van der Waals surface area contributed by atoms with Crippen molar-refractivity contribution in [3.63, 3.8) is 0 Å². The quantitative estimate of drug-likeness (QED) is 0.331. The second-order valence-electron chi connectivity index (χ2n) is 9.17. The zero-order valence-electron chi connectivity index (χ0n) is 19.3. The maximum atomic E-state index is 13.7. The molecule has 2 aliphatic rings. The third kappa shape index (κ3) is 4.73. The highest BCUT2D eigenvalue weighted by molar-refractivity contribution is 5.98. The summed E-state index contributed by atoms with van der Waals surface area (Å²) in [7, 11) is 0. The van der Waals surface area contributed by atoms with E-state index in [0.717, 1.165) is 19.3 Å². The lowest BCUT2D eigenvalue weighted by atomic mass is 9.95. The normalized spacial score (nSPS) is 19.9. The Morgan fingerprint density at radius 3 is 2.39 bits per heavy atom. The number of urea groups is 2. The van der Waals surface area contributed by atoms with Gasteiger partial charge in [0.1, 0.15) is 0 Å². The van der Waals surface area contributed by atoms with Gasteiger partial charge < -0.3 is 10.2 Å². The molecule has 1 saturated heterocycles. The summed E-state index contributed by atoms with van der Waals surface area (Å²) in [6.07, 6.45) is 6.75. The van der Waals surface area contributed by atoms with Crippen molar-refractivity contribution in [2.45, 2.75) is 57.7 Å². The van der Waals surface area contributed by atoms with Crippen LogP contribution in [0.4, 0.5) is 21.0 Å². The minimum Gasteiger partial charge on any atom is -0.315 e. The molecule has 174 valence electrons. The maximum Gasteiger partial charge on any atom is 0.347 e. The molecule has 0 saturated carbocycles. The zero-order chi connectivity index (χ0) is 23.4. The fourth-order valence-electron chi connectivity index (χ4n) is 4.77. The molecular weight excluding hydrogens is 416 g/mol. The van der Waals surface area contributed by atoms with E-state index in [0.29, 0.717) is 23.0 Å². The second kappa shape index (κ2) is 9.67. The average molecular weight is 449 g/mol. The molecule has 1 aliphatic carbocycles. The summed E-state index contributed by atoms with van der Waals surface area (Å²) in [5, 5.41) is 14.5. The van der Waals surface area contributed by atoms with Crippen LogP contribution in [0.25, 0.3) is 0 Å². The van der Waals surface area contributed by atoms with Crippen LogP contribution in [-0.4, -0.2) is 45.5 Å². The van der Waals surface area contributed by atoms with Crippen molar-refractivity contribution in [2.75, 3.05) is 16.8 Å². The Morgan fingerprint density at radius 2 is 1.76 bits per heavy atom. The largest absolute Gasteiger partial charge is 0.347 e. The first kappa shape index (κ1) is 22.9. The van der Waals surface area contributed by atoms with Crippen LogP contribution in [0.3, 0.4) is 0 Å². The summed E-state index contributed by atoms with van der Waals surface area (Å²) in [5.74, 6) is 0. The van der Waals surface area contributed by atoms with E-state index in [1.54, 1.807) is 29.2 Å². The van der Waals surface area contributed by atoms with Crippen molar-refractivity contribution in [3.05, 3.63) is 72.3 Å². The van der Waals surface area contributed by atoms with Gasteiger partial charge in [0.15, 0.2) is 6.17 Å². The summed E-state index contributed by atoms with van der Waals surface area (Å²) in [6, 6.07) is 17.2. The van der Waals surface area contributed by atoms with Crippen molar-refractivity contribution < 1.29 is 14.8 Å². The maximum absolute atomic E-state index is 13.7. The zero-order valence-corrected chi connectivity index (χ0v) is 19.3. The van der Waals surface area contributed by atoms with Crippen molar-refractivity contribution in [3.8, 4) is 0 Å². The van der Waals surface area contributed by atoms with Gasteiger partial charge in [-0.05, 0) is 70.2 Å². The summed E-state index contributed by atoms with van der Waals surface area (Å²) in [4.78, 5) is 29.9. The summed E-state index contributed by atoms with van der Waals surface area (Å²) >= 11 is 0. The standard InChI is InChI=1S/C26H32N4O3/c1-26(2)23(30(33)24(31)27-21-14-8-4-9-15-21)29(22-16-10-5-11-17-22)25(32)28(26)19-18-20-12-6-3-7-13-20/h4-5,8-12,14-17,23,33H,3,6-7,13,18-19H2,1-2H3,(H,27,31)/t23-/m0/s1. The van der Waals surface area contributed by atoms with Gasteiger partial charge in [-0.3, -0.25) is 10.1 Å². The van der Waals surface area contributed by atoms with Gasteiger partial charge in [0.25, 0.3) is 0 Å². The molecule has 33 heavy (non-hydrogen) atoms. The lowest BCUT2D eigenvalue weighted by Crippen LogP contribution is -2.58. The van der Waals surface area contributed by atoms with Crippen LogP contribution < -0.4 is 10.2 Å². The van der Waals surface area contributed by atoms with E-state index in [1.807, 2.05) is 50.2 Å². The van der Waals surface area contributed by atoms with Crippen molar-refractivity contribution in [1.29, 1.82) is 0 Å². The van der Waals surface area contributed by atoms with Gasteiger partial charge in [0, 0.05) is 17.9 Å². The Morgan fingerprint density at radius 1 is 1.09 bits per heavy atom. The van der Waals surface area contributed by atoms with Gasteiger partial charge in [0.2, 0.25) is 0 Å².